The fourth-order valence-corrected chi connectivity index (χ4v) is 1.52. The minimum atomic E-state index is 0.653. The number of rotatable bonds is 4. The molecule has 2 heterocycles. The summed E-state index contributed by atoms with van der Waals surface area (Å²) in [7, 11) is 0. The van der Waals surface area contributed by atoms with Crippen molar-refractivity contribution in [2.75, 3.05) is 11.9 Å². The maximum Gasteiger partial charge on any atom is 0.224 e. The van der Waals surface area contributed by atoms with Gasteiger partial charge in [-0.3, -0.25) is 0 Å². The van der Waals surface area contributed by atoms with Crippen LogP contribution < -0.4 is 5.32 Å². The predicted molar refractivity (Wildman–Crippen MR) is 67.4 cm³/mol. The van der Waals surface area contributed by atoms with Crippen LogP contribution in [-0.4, -0.2) is 26.3 Å². The molecule has 0 aromatic carbocycles. The van der Waals surface area contributed by atoms with Crippen molar-refractivity contribution in [3.05, 3.63) is 29.7 Å². The lowest BCUT2D eigenvalue weighted by Gasteiger charge is -2.08. The summed E-state index contributed by atoms with van der Waals surface area (Å²) in [6, 6.07) is 1.96. The Kier molecular flexibility index (Phi) is 3.37. The molecule has 2 rings (SSSR count). The van der Waals surface area contributed by atoms with Crippen molar-refractivity contribution in [1.82, 2.24) is 19.7 Å². The Bertz CT molecular complexity index is 503. The summed E-state index contributed by atoms with van der Waals surface area (Å²) in [6.07, 6.45) is 4.78. The van der Waals surface area contributed by atoms with Crippen molar-refractivity contribution >= 4 is 5.95 Å². The summed E-state index contributed by atoms with van der Waals surface area (Å²) in [5.41, 5.74) is 1.99. The summed E-state index contributed by atoms with van der Waals surface area (Å²) in [5, 5.41) is 7.54. The van der Waals surface area contributed by atoms with Crippen LogP contribution in [0.4, 0.5) is 5.95 Å². The molecule has 0 aliphatic carbocycles. The van der Waals surface area contributed by atoms with Crippen LogP contribution in [0.2, 0.25) is 0 Å². The highest BCUT2D eigenvalue weighted by molar-refractivity contribution is 5.37. The molecule has 0 spiro atoms. The molecular weight excluding hydrogens is 214 g/mol. The van der Waals surface area contributed by atoms with E-state index in [1.807, 2.05) is 32.3 Å². The third-order valence-electron chi connectivity index (χ3n) is 2.42. The van der Waals surface area contributed by atoms with E-state index in [4.69, 9.17) is 0 Å². The van der Waals surface area contributed by atoms with Crippen LogP contribution in [0.5, 0.6) is 0 Å². The summed E-state index contributed by atoms with van der Waals surface area (Å²) in [6.45, 7) is 6.93. The maximum atomic E-state index is 4.47. The topological polar surface area (TPSA) is 55.6 Å². The molecule has 0 aliphatic rings. The highest BCUT2D eigenvalue weighted by Crippen LogP contribution is 2.12. The van der Waals surface area contributed by atoms with Crippen LogP contribution in [0, 0.1) is 13.8 Å². The second kappa shape index (κ2) is 4.95. The number of aromatic nitrogens is 4. The molecule has 0 saturated heterocycles. The average molecular weight is 231 g/mol. The Hall–Kier alpha value is -1.91. The summed E-state index contributed by atoms with van der Waals surface area (Å²) in [5.74, 6) is 1.48. The van der Waals surface area contributed by atoms with Gasteiger partial charge in [-0.1, -0.05) is 6.92 Å². The minimum absolute atomic E-state index is 0.653. The fourth-order valence-electron chi connectivity index (χ4n) is 1.52. The first-order chi connectivity index (χ1) is 8.20. The maximum absolute atomic E-state index is 4.47. The third kappa shape index (κ3) is 2.61. The second-order valence-electron chi connectivity index (χ2n) is 4.03. The molecule has 1 N–H and O–H groups in total. The lowest BCUT2D eigenvalue weighted by atomic mass is 10.3. The van der Waals surface area contributed by atoms with E-state index in [1.165, 1.54) is 0 Å². The molecular formula is C12H17N5. The van der Waals surface area contributed by atoms with E-state index in [-0.39, 0.29) is 0 Å². The van der Waals surface area contributed by atoms with E-state index < -0.39 is 0 Å². The van der Waals surface area contributed by atoms with Gasteiger partial charge in [0.2, 0.25) is 5.95 Å². The molecule has 5 heteroatoms. The predicted octanol–water partition coefficient (Wildman–Crippen LogP) is 2.10. The van der Waals surface area contributed by atoms with Gasteiger partial charge < -0.3 is 5.32 Å². The third-order valence-corrected chi connectivity index (χ3v) is 2.42. The Morgan fingerprint density at radius 2 is 2.18 bits per heavy atom. The average Bonchev–Trinajstić information content (AvgIpc) is 2.75. The molecule has 5 nitrogen and oxygen atoms in total. The van der Waals surface area contributed by atoms with Gasteiger partial charge in [0.1, 0.15) is 0 Å². The summed E-state index contributed by atoms with van der Waals surface area (Å²) in [4.78, 5) is 8.72. The number of hydrogen-bond donors (Lipinski definition) is 1. The highest BCUT2D eigenvalue weighted by atomic mass is 15.3. The van der Waals surface area contributed by atoms with Gasteiger partial charge in [0.15, 0.2) is 5.82 Å². The van der Waals surface area contributed by atoms with Gasteiger partial charge in [-0.2, -0.15) is 10.1 Å². The Morgan fingerprint density at radius 3 is 2.82 bits per heavy atom. The fraction of sp³-hybridized carbons (Fsp3) is 0.417. The summed E-state index contributed by atoms with van der Waals surface area (Å²) < 4.78 is 1.78. The number of aryl methyl sites for hydroxylation is 2. The Balaban J connectivity index is 2.32. The van der Waals surface area contributed by atoms with Gasteiger partial charge in [-0.05, 0) is 26.3 Å². The molecule has 17 heavy (non-hydrogen) atoms. The van der Waals surface area contributed by atoms with Gasteiger partial charge in [0.05, 0.1) is 5.69 Å². The smallest absolute Gasteiger partial charge is 0.224 e. The van der Waals surface area contributed by atoms with Gasteiger partial charge in [-0.15, -0.1) is 0 Å². The molecule has 0 bridgehead atoms. The van der Waals surface area contributed by atoms with Crippen LogP contribution >= 0.6 is 0 Å². The van der Waals surface area contributed by atoms with Crippen LogP contribution in [0.1, 0.15) is 24.6 Å². The molecule has 2 aromatic heterocycles. The lowest BCUT2D eigenvalue weighted by molar-refractivity contribution is 0.814. The first-order valence-electron chi connectivity index (χ1n) is 5.81. The largest absolute Gasteiger partial charge is 0.354 e. The number of anilines is 1. The molecule has 0 saturated carbocycles. The monoisotopic (exact) mass is 231 g/mol. The van der Waals surface area contributed by atoms with Crippen LogP contribution in [0.25, 0.3) is 5.82 Å². The SMILES string of the molecule is CCCNc1ncc(C)c(-n2ccc(C)n2)n1. The van der Waals surface area contributed by atoms with Crippen molar-refractivity contribution in [1.29, 1.82) is 0 Å². The zero-order valence-corrected chi connectivity index (χ0v) is 10.4. The molecule has 0 atom stereocenters. The summed E-state index contributed by atoms with van der Waals surface area (Å²) >= 11 is 0. The Labute approximate surface area is 101 Å². The first kappa shape index (κ1) is 11.6. The molecule has 0 amide bonds. The van der Waals surface area contributed by atoms with E-state index >= 15 is 0 Å². The van der Waals surface area contributed by atoms with Crippen LogP contribution in [0.15, 0.2) is 18.5 Å². The molecule has 0 fully saturated rings. The minimum Gasteiger partial charge on any atom is -0.354 e. The number of nitrogens with zero attached hydrogens (tertiary/aromatic N) is 4. The van der Waals surface area contributed by atoms with E-state index in [0.29, 0.717) is 5.95 Å². The van der Waals surface area contributed by atoms with Crippen molar-refractivity contribution in [2.45, 2.75) is 27.2 Å². The molecule has 0 radical (unpaired) electrons. The van der Waals surface area contributed by atoms with Crippen LogP contribution in [0.3, 0.4) is 0 Å². The van der Waals surface area contributed by atoms with E-state index in [9.17, 15) is 0 Å². The van der Waals surface area contributed by atoms with E-state index in [0.717, 1.165) is 30.0 Å². The zero-order valence-electron chi connectivity index (χ0n) is 10.4. The van der Waals surface area contributed by atoms with Crippen molar-refractivity contribution in [3.63, 3.8) is 0 Å². The molecule has 0 unspecified atom stereocenters. The Morgan fingerprint density at radius 1 is 1.35 bits per heavy atom. The first-order valence-corrected chi connectivity index (χ1v) is 5.81. The van der Waals surface area contributed by atoms with E-state index in [1.54, 1.807) is 4.68 Å². The molecule has 0 aliphatic heterocycles. The number of hydrogen-bond acceptors (Lipinski definition) is 4. The lowest BCUT2D eigenvalue weighted by Crippen LogP contribution is -2.09. The molecule has 2 aromatic rings. The second-order valence-corrected chi connectivity index (χ2v) is 4.03. The van der Waals surface area contributed by atoms with Crippen molar-refractivity contribution in [3.8, 4) is 5.82 Å². The number of nitrogens with one attached hydrogen (secondary N) is 1. The van der Waals surface area contributed by atoms with Gasteiger partial charge in [-0.25, -0.2) is 9.67 Å². The van der Waals surface area contributed by atoms with Gasteiger partial charge in [0.25, 0.3) is 0 Å². The van der Waals surface area contributed by atoms with Gasteiger partial charge in [0, 0.05) is 24.5 Å². The highest BCUT2D eigenvalue weighted by Gasteiger charge is 2.06. The van der Waals surface area contributed by atoms with Crippen LogP contribution in [-0.2, 0) is 0 Å². The molecule has 90 valence electrons. The van der Waals surface area contributed by atoms with E-state index in [2.05, 4.69) is 27.3 Å². The van der Waals surface area contributed by atoms with Gasteiger partial charge >= 0.3 is 0 Å². The van der Waals surface area contributed by atoms with Crippen molar-refractivity contribution < 1.29 is 0 Å². The quantitative estimate of drug-likeness (QED) is 0.875. The zero-order chi connectivity index (χ0) is 12.3. The normalized spacial score (nSPS) is 10.5. The standard InChI is InChI=1S/C12H17N5/c1-4-6-13-12-14-8-9(2)11(15-12)17-7-5-10(3)16-17/h5,7-8H,4,6H2,1-3H3,(H,13,14,15). The van der Waals surface area contributed by atoms with Crippen molar-refractivity contribution in [2.24, 2.45) is 0 Å².